The van der Waals surface area contributed by atoms with Gasteiger partial charge in [-0.15, -0.1) is 0 Å². The van der Waals surface area contributed by atoms with Crippen LogP contribution in [0.15, 0.2) is 35.9 Å². The third-order valence-corrected chi connectivity index (χ3v) is 5.66. The molecule has 2 atom stereocenters. The first kappa shape index (κ1) is 19.1. The molecule has 0 spiro atoms. The molecule has 26 heavy (non-hydrogen) atoms. The molecule has 140 valence electrons. The molecule has 0 bridgehead atoms. The van der Waals surface area contributed by atoms with Crippen molar-refractivity contribution in [3.63, 3.8) is 0 Å². The van der Waals surface area contributed by atoms with E-state index in [1.165, 1.54) is 11.0 Å². The molecule has 1 heterocycles. The van der Waals surface area contributed by atoms with Gasteiger partial charge in [-0.05, 0) is 30.9 Å². The summed E-state index contributed by atoms with van der Waals surface area (Å²) in [6, 6.07) is 5.91. The summed E-state index contributed by atoms with van der Waals surface area (Å²) in [6.07, 6.45) is 4.09. The highest BCUT2D eigenvalue weighted by Crippen LogP contribution is 2.39. The number of piperidine rings is 1. The number of halogens is 1. The number of hydrogen-bond acceptors (Lipinski definition) is 4. The summed E-state index contributed by atoms with van der Waals surface area (Å²) in [5, 5.41) is -0.0209. The molecule has 2 fully saturated rings. The summed E-state index contributed by atoms with van der Waals surface area (Å²) in [4.78, 5) is 28.5. The SMILES string of the molecule is CN(C)C(=O)C=C1CN(C(C(=O)C2CC2)c2ccccc2F)CCC1S. The van der Waals surface area contributed by atoms with Crippen LogP contribution in [0.5, 0.6) is 0 Å². The summed E-state index contributed by atoms with van der Waals surface area (Å²) in [5.41, 5.74) is 1.31. The van der Waals surface area contributed by atoms with E-state index in [0.717, 1.165) is 24.8 Å². The molecule has 2 aliphatic rings. The zero-order chi connectivity index (χ0) is 18.8. The standard InChI is InChI=1S/C20H25FN2O2S/c1-22(2)18(24)11-14-12-23(10-9-17(14)26)19(20(25)13-7-8-13)15-5-3-4-6-16(15)21/h3-6,11,13,17,19,26H,7-10,12H2,1-2H3. The predicted molar refractivity (Wildman–Crippen MR) is 103 cm³/mol. The molecular weight excluding hydrogens is 351 g/mol. The van der Waals surface area contributed by atoms with Crippen molar-refractivity contribution < 1.29 is 14.0 Å². The number of carbonyl (C=O) groups excluding carboxylic acids is 2. The van der Waals surface area contributed by atoms with Gasteiger partial charge in [-0.2, -0.15) is 12.6 Å². The topological polar surface area (TPSA) is 40.6 Å². The van der Waals surface area contributed by atoms with Crippen LogP contribution in [0.4, 0.5) is 4.39 Å². The van der Waals surface area contributed by atoms with Gasteiger partial charge in [-0.3, -0.25) is 14.5 Å². The van der Waals surface area contributed by atoms with Crippen molar-refractivity contribution in [2.24, 2.45) is 5.92 Å². The monoisotopic (exact) mass is 376 g/mol. The van der Waals surface area contributed by atoms with Gasteiger partial charge in [0, 0.05) is 50.0 Å². The van der Waals surface area contributed by atoms with Gasteiger partial charge in [-0.25, -0.2) is 4.39 Å². The van der Waals surface area contributed by atoms with E-state index in [1.54, 1.807) is 38.4 Å². The van der Waals surface area contributed by atoms with Gasteiger partial charge in [0.05, 0.1) is 6.04 Å². The minimum absolute atomic E-state index is 0.0209. The van der Waals surface area contributed by atoms with Gasteiger partial charge in [0.25, 0.3) is 0 Å². The van der Waals surface area contributed by atoms with Crippen molar-refractivity contribution in [1.29, 1.82) is 0 Å². The first-order chi connectivity index (χ1) is 12.4. The highest BCUT2D eigenvalue weighted by Gasteiger charge is 2.40. The summed E-state index contributed by atoms with van der Waals surface area (Å²) in [7, 11) is 3.40. The van der Waals surface area contributed by atoms with Gasteiger partial charge in [0.15, 0.2) is 5.78 Å². The zero-order valence-corrected chi connectivity index (χ0v) is 16.1. The molecule has 3 rings (SSSR count). The number of hydrogen-bond donors (Lipinski definition) is 1. The summed E-state index contributed by atoms with van der Waals surface area (Å²) in [5.74, 6) is -0.332. The number of amides is 1. The largest absolute Gasteiger partial charge is 0.345 e. The Morgan fingerprint density at radius 3 is 2.58 bits per heavy atom. The van der Waals surface area contributed by atoms with Crippen molar-refractivity contribution in [2.45, 2.75) is 30.6 Å². The molecule has 4 nitrogen and oxygen atoms in total. The second-order valence-electron chi connectivity index (χ2n) is 7.33. The zero-order valence-electron chi connectivity index (χ0n) is 15.2. The third-order valence-electron chi connectivity index (χ3n) is 5.07. The van der Waals surface area contributed by atoms with E-state index < -0.39 is 6.04 Å². The smallest absolute Gasteiger partial charge is 0.246 e. The van der Waals surface area contributed by atoms with Crippen LogP contribution >= 0.6 is 12.6 Å². The lowest BCUT2D eigenvalue weighted by atomic mass is 9.93. The van der Waals surface area contributed by atoms with Gasteiger partial charge in [-0.1, -0.05) is 18.2 Å². The maximum Gasteiger partial charge on any atom is 0.246 e. The summed E-state index contributed by atoms with van der Waals surface area (Å²) >= 11 is 4.60. The second-order valence-corrected chi connectivity index (χ2v) is 7.95. The molecule has 1 aliphatic heterocycles. The molecule has 0 N–H and O–H groups in total. The van der Waals surface area contributed by atoms with Crippen molar-refractivity contribution in [2.75, 3.05) is 27.2 Å². The minimum atomic E-state index is -0.595. The maximum absolute atomic E-state index is 14.5. The summed E-state index contributed by atoms with van der Waals surface area (Å²) in [6.45, 7) is 1.10. The van der Waals surface area contributed by atoms with Crippen molar-refractivity contribution in [3.8, 4) is 0 Å². The number of nitrogens with zero attached hydrogens (tertiary/aromatic N) is 2. The highest BCUT2D eigenvalue weighted by atomic mass is 32.1. The molecule has 0 radical (unpaired) electrons. The lowest BCUT2D eigenvalue weighted by Crippen LogP contribution is -2.43. The van der Waals surface area contributed by atoms with Crippen molar-refractivity contribution in [3.05, 3.63) is 47.3 Å². The molecule has 6 heteroatoms. The summed E-state index contributed by atoms with van der Waals surface area (Å²) < 4.78 is 14.5. The van der Waals surface area contributed by atoms with E-state index in [9.17, 15) is 14.0 Å². The molecule has 1 aromatic rings. The van der Waals surface area contributed by atoms with E-state index in [-0.39, 0.29) is 28.7 Å². The number of benzene rings is 1. The van der Waals surface area contributed by atoms with E-state index in [2.05, 4.69) is 12.6 Å². The molecule has 0 aromatic heterocycles. The Balaban J connectivity index is 1.90. The number of thiol groups is 1. The number of likely N-dealkylation sites (tertiary alicyclic amines) is 1. The maximum atomic E-state index is 14.5. The predicted octanol–water partition coefficient (Wildman–Crippen LogP) is 2.86. The van der Waals surface area contributed by atoms with Crippen LogP contribution < -0.4 is 0 Å². The van der Waals surface area contributed by atoms with Crippen LogP contribution in [0, 0.1) is 11.7 Å². The first-order valence-electron chi connectivity index (χ1n) is 9.00. The van der Waals surface area contributed by atoms with E-state index in [0.29, 0.717) is 18.7 Å². The number of carbonyl (C=O) groups is 2. The molecule has 1 aromatic carbocycles. The fourth-order valence-electron chi connectivity index (χ4n) is 3.36. The lowest BCUT2D eigenvalue weighted by molar-refractivity contribution is -0.126. The van der Waals surface area contributed by atoms with Crippen molar-refractivity contribution >= 4 is 24.3 Å². The number of likely N-dealkylation sites (N-methyl/N-ethyl adjacent to an activating group) is 1. The average Bonchev–Trinajstić information content (AvgIpc) is 3.44. The Morgan fingerprint density at radius 2 is 1.96 bits per heavy atom. The number of rotatable bonds is 5. The van der Waals surface area contributed by atoms with Crippen LogP contribution in [0.1, 0.15) is 30.9 Å². The van der Waals surface area contributed by atoms with Gasteiger partial charge in [0.2, 0.25) is 5.91 Å². The minimum Gasteiger partial charge on any atom is -0.345 e. The van der Waals surface area contributed by atoms with Crippen LogP contribution in [0.25, 0.3) is 0 Å². The molecule has 1 saturated heterocycles. The fraction of sp³-hybridized carbons (Fsp3) is 0.500. The van der Waals surface area contributed by atoms with Crippen LogP contribution in [0.3, 0.4) is 0 Å². The quantitative estimate of drug-likeness (QED) is 0.635. The van der Waals surface area contributed by atoms with E-state index in [4.69, 9.17) is 0 Å². The number of Topliss-reactive ketones (excluding diaryl/α,β-unsaturated/α-hetero) is 1. The van der Waals surface area contributed by atoms with Crippen molar-refractivity contribution in [1.82, 2.24) is 9.80 Å². The van der Waals surface area contributed by atoms with Crippen LogP contribution in [0.2, 0.25) is 0 Å². The number of ketones is 1. The van der Waals surface area contributed by atoms with E-state index in [1.807, 2.05) is 4.90 Å². The Morgan fingerprint density at radius 1 is 1.27 bits per heavy atom. The second kappa shape index (κ2) is 7.92. The molecule has 1 amide bonds. The van der Waals surface area contributed by atoms with Gasteiger partial charge >= 0.3 is 0 Å². The van der Waals surface area contributed by atoms with Gasteiger partial charge in [0.1, 0.15) is 5.82 Å². The van der Waals surface area contributed by atoms with E-state index >= 15 is 0 Å². The highest BCUT2D eigenvalue weighted by molar-refractivity contribution is 7.81. The third kappa shape index (κ3) is 4.18. The first-order valence-corrected chi connectivity index (χ1v) is 9.52. The molecule has 2 unspecified atom stereocenters. The Kier molecular flexibility index (Phi) is 5.82. The average molecular weight is 376 g/mol. The molecule has 1 aliphatic carbocycles. The Hall–Kier alpha value is -1.66. The van der Waals surface area contributed by atoms with Gasteiger partial charge < -0.3 is 4.90 Å². The Labute approximate surface area is 159 Å². The van der Waals surface area contributed by atoms with Crippen LogP contribution in [-0.4, -0.2) is 53.9 Å². The molecular formula is C20H25FN2O2S. The Bertz CT molecular complexity index is 730. The van der Waals surface area contributed by atoms with Crippen LogP contribution in [-0.2, 0) is 9.59 Å². The normalized spacial score (nSPS) is 23.7. The lowest BCUT2D eigenvalue weighted by Gasteiger charge is -2.37. The molecule has 1 saturated carbocycles. The fourth-order valence-corrected chi connectivity index (χ4v) is 3.63.